The topological polar surface area (TPSA) is 23.6 Å². The lowest BCUT2D eigenvalue weighted by molar-refractivity contribution is -0.130. The number of fused-ring (bicyclic) bond motifs is 1. The van der Waals surface area contributed by atoms with Gasteiger partial charge in [0.25, 0.3) is 0 Å². The molecule has 2 rings (SSSR count). The largest absolute Gasteiger partial charge is 0.348 e. The predicted molar refractivity (Wildman–Crippen MR) is 71.3 cm³/mol. The van der Waals surface area contributed by atoms with Gasteiger partial charge >= 0.3 is 0 Å². The van der Waals surface area contributed by atoms with Gasteiger partial charge in [-0.1, -0.05) is 6.92 Å². The number of nitrogens with zero attached hydrogens (tertiary/aromatic N) is 2. The van der Waals surface area contributed by atoms with Gasteiger partial charge in [-0.15, -0.1) is 11.3 Å². The molecule has 0 radical (unpaired) electrons. The van der Waals surface area contributed by atoms with E-state index in [9.17, 15) is 4.79 Å². The Kier molecular flexibility index (Phi) is 3.84. The fourth-order valence-corrected chi connectivity index (χ4v) is 3.36. The quantitative estimate of drug-likeness (QED) is 0.823. The Morgan fingerprint density at radius 2 is 2.35 bits per heavy atom. The summed E-state index contributed by atoms with van der Waals surface area (Å²) in [6.45, 7) is 3.75. The van der Waals surface area contributed by atoms with E-state index in [2.05, 4.69) is 23.3 Å². The summed E-state index contributed by atoms with van der Waals surface area (Å²) in [6.07, 6.45) is 2.16. The molecule has 1 amide bonds. The fourth-order valence-electron chi connectivity index (χ4n) is 2.43. The van der Waals surface area contributed by atoms with Crippen molar-refractivity contribution in [3.8, 4) is 0 Å². The second-order valence-electron chi connectivity index (χ2n) is 4.73. The maximum absolute atomic E-state index is 11.8. The van der Waals surface area contributed by atoms with E-state index >= 15 is 0 Å². The Balaban J connectivity index is 2.12. The van der Waals surface area contributed by atoms with Crippen molar-refractivity contribution in [1.29, 1.82) is 0 Å². The van der Waals surface area contributed by atoms with Crippen molar-refractivity contribution in [2.24, 2.45) is 0 Å². The third kappa shape index (κ3) is 2.53. The summed E-state index contributed by atoms with van der Waals surface area (Å²) in [6, 6.07) is 2.65. The molecular formula is C13H20N2OS. The SMILES string of the molecule is CC[C@H]1c2ccsc2CCN1CC(=O)N(C)C. The number of hydrogen-bond acceptors (Lipinski definition) is 3. The van der Waals surface area contributed by atoms with Crippen LogP contribution < -0.4 is 0 Å². The Morgan fingerprint density at radius 1 is 1.59 bits per heavy atom. The molecule has 1 aromatic rings. The van der Waals surface area contributed by atoms with Crippen LogP contribution in [0.25, 0.3) is 0 Å². The normalized spacial score (nSPS) is 20.1. The molecule has 1 atom stereocenters. The van der Waals surface area contributed by atoms with E-state index in [1.165, 1.54) is 10.4 Å². The van der Waals surface area contributed by atoms with E-state index in [1.54, 1.807) is 4.90 Å². The summed E-state index contributed by atoms with van der Waals surface area (Å²) in [4.78, 5) is 17.3. The lowest BCUT2D eigenvalue weighted by Gasteiger charge is -2.35. The van der Waals surface area contributed by atoms with Gasteiger partial charge in [-0.3, -0.25) is 9.69 Å². The molecule has 0 N–H and O–H groups in total. The highest BCUT2D eigenvalue weighted by molar-refractivity contribution is 7.10. The summed E-state index contributed by atoms with van der Waals surface area (Å²) < 4.78 is 0. The molecular weight excluding hydrogens is 232 g/mol. The number of likely N-dealkylation sites (N-methyl/N-ethyl adjacent to an activating group) is 1. The highest BCUT2D eigenvalue weighted by Crippen LogP contribution is 2.34. The molecule has 0 fully saturated rings. The van der Waals surface area contributed by atoms with E-state index < -0.39 is 0 Å². The van der Waals surface area contributed by atoms with Gasteiger partial charge in [-0.05, 0) is 29.9 Å². The molecule has 0 saturated carbocycles. The standard InChI is InChI=1S/C13H20N2OS/c1-4-11-10-6-8-17-12(10)5-7-15(11)9-13(16)14(2)3/h6,8,11H,4-5,7,9H2,1-3H3/t11-/m0/s1. The van der Waals surface area contributed by atoms with Crippen molar-refractivity contribution in [3.05, 3.63) is 21.9 Å². The van der Waals surface area contributed by atoms with Gasteiger partial charge in [0.15, 0.2) is 0 Å². The number of amides is 1. The fraction of sp³-hybridized carbons (Fsp3) is 0.615. The third-order valence-electron chi connectivity index (χ3n) is 3.43. The Morgan fingerprint density at radius 3 is 3.00 bits per heavy atom. The monoisotopic (exact) mass is 252 g/mol. The van der Waals surface area contributed by atoms with Crippen LogP contribution in [0.3, 0.4) is 0 Å². The lowest BCUT2D eigenvalue weighted by Crippen LogP contribution is -2.41. The molecule has 1 aromatic heterocycles. The van der Waals surface area contributed by atoms with Crippen LogP contribution in [0.15, 0.2) is 11.4 Å². The van der Waals surface area contributed by atoms with E-state index in [0.29, 0.717) is 12.6 Å². The van der Waals surface area contributed by atoms with E-state index in [1.807, 2.05) is 25.4 Å². The number of thiophene rings is 1. The van der Waals surface area contributed by atoms with Gasteiger partial charge < -0.3 is 4.90 Å². The van der Waals surface area contributed by atoms with Crippen molar-refractivity contribution in [2.75, 3.05) is 27.2 Å². The minimum Gasteiger partial charge on any atom is -0.348 e. The minimum absolute atomic E-state index is 0.196. The molecule has 0 unspecified atom stereocenters. The zero-order valence-corrected chi connectivity index (χ0v) is 11.6. The van der Waals surface area contributed by atoms with Crippen LogP contribution in [0.2, 0.25) is 0 Å². The number of carbonyl (C=O) groups is 1. The second kappa shape index (κ2) is 5.19. The maximum Gasteiger partial charge on any atom is 0.236 e. The molecule has 4 heteroatoms. The van der Waals surface area contributed by atoms with Gasteiger partial charge in [-0.2, -0.15) is 0 Å². The molecule has 0 aliphatic carbocycles. The number of hydrogen-bond donors (Lipinski definition) is 0. The minimum atomic E-state index is 0.196. The van der Waals surface area contributed by atoms with Crippen molar-refractivity contribution in [1.82, 2.24) is 9.80 Å². The van der Waals surface area contributed by atoms with Crippen LogP contribution in [0, 0.1) is 0 Å². The first-order valence-electron chi connectivity index (χ1n) is 6.14. The van der Waals surface area contributed by atoms with Crippen LogP contribution in [-0.4, -0.2) is 42.9 Å². The van der Waals surface area contributed by atoms with Crippen molar-refractivity contribution in [3.63, 3.8) is 0 Å². The zero-order valence-electron chi connectivity index (χ0n) is 10.8. The van der Waals surface area contributed by atoms with Crippen LogP contribution in [0.5, 0.6) is 0 Å². The van der Waals surface area contributed by atoms with Crippen molar-refractivity contribution in [2.45, 2.75) is 25.8 Å². The molecule has 0 aromatic carbocycles. The third-order valence-corrected chi connectivity index (χ3v) is 4.43. The lowest BCUT2D eigenvalue weighted by atomic mass is 9.98. The second-order valence-corrected chi connectivity index (χ2v) is 5.73. The van der Waals surface area contributed by atoms with Crippen LogP contribution in [0.4, 0.5) is 0 Å². The molecule has 0 saturated heterocycles. The first-order chi connectivity index (χ1) is 8.13. The summed E-state index contributed by atoms with van der Waals surface area (Å²) in [5, 5.41) is 2.17. The predicted octanol–water partition coefficient (Wildman–Crippen LogP) is 2.15. The summed E-state index contributed by atoms with van der Waals surface area (Å²) in [7, 11) is 3.65. The van der Waals surface area contributed by atoms with Gasteiger partial charge in [0.1, 0.15) is 0 Å². The van der Waals surface area contributed by atoms with Gasteiger partial charge in [0.05, 0.1) is 6.54 Å². The Labute approximate surface area is 107 Å². The molecule has 0 spiro atoms. The van der Waals surface area contributed by atoms with E-state index in [0.717, 1.165) is 19.4 Å². The zero-order chi connectivity index (χ0) is 12.4. The Bertz CT molecular complexity index is 400. The maximum atomic E-state index is 11.8. The van der Waals surface area contributed by atoms with E-state index in [4.69, 9.17) is 0 Å². The molecule has 1 aliphatic rings. The average molecular weight is 252 g/mol. The van der Waals surface area contributed by atoms with Crippen LogP contribution in [0.1, 0.15) is 29.8 Å². The Hall–Kier alpha value is -0.870. The molecule has 17 heavy (non-hydrogen) atoms. The molecule has 3 nitrogen and oxygen atoms in total. The van der Waals surface area contributed by atoms with E-state index in [-0.39, 0.29) is 5.91 Å². The number of rotatable bonds is 3. The summed E-state index contributed by atoms with van der Waals surface area (Å²) in [5.41, 5.74) is 1.44. The van der Waals surface area contributed by atoms with Crippen molar-refractivity contribution >= 4 is 17.2 Å². The van der Waals surface area contributed by atoms with Gasteiger partial charge in [-0.25, -0.2) is 0 Å². The molecule has 0 bridgehead atoms. The highest BCUT2D eigenvalue weighted by atomic mass is 32.1. The summed E-state index contributed by atoms with van der Waals surface area (Å²) >= 11 is 1.85. The first kappa shape index (κ1) is 12.6. The smallest absolute Gasteiger partial charge is 0.236 e. The molecule has 94 valence electrons. The van der Waals surface area contributed by atoms with Crippen LogP contribution in [-0.2, 0) is 11.2 Å². The first-order valence-corrected chi connectivity index (χ1v) is 7.02. The average Bonchev–Trinajstić information content (AvgIpc) is 2.76. The number of carbonyl (C=O) groups excluding carboxylic acids is 1. The van der Waals surface area contributed by atoms with Gasteiger partial charge in [0, 0.05) is 31.6 Å². The highest BCUT2D eigenvalue weighted by Gasteiger charge is 2.28. The van der Waals surface area contributed by atoms with Crippen LogP contribution >= 0.6 is 11.3 Å². The van der Waals surface area contributed by atoms with Crippen molar-refractivity contribution < 1.29 is 4.79 Å². The van der Waals surface area contributed by atoms with Gasteiger partial charge in [0.2, 0.25) is 5.91 Å². The molecule has 2 heterocycles. The summed E-state index contributed by atoms with van der Waals surface area (Å²) in [5.74, 6) is 0.196. The molecule has 1 aliphatic heterocycles.